The summed E-state index contributed by atoms with van der Waals surface area (Å²) in [6, 6.07) is 7.21. The third-order valence-electron chi connectivity index (χ3n) is 2.91. The van der Waals surface area contributed by atoms with Crippen LogP contribution in [0.4, 0.5) is 5.69 Å². The van der Waals surface area contributed by atoms with Gasteiger partial charge in [-0.1, -0.05) is 0 Å². The predicted molar refractivity (Wildman–Crippen MR) is 73.0 cm³/mol. The first-order valence-electron chi connectivity index (χ1n) is 6.40. The van der Waals surface area contributed by atoms with Gasteiger partial charge in [-0.3, -0.25) is 9.48 Å². The zero-order chi connectivity index (χ0) is 13.9. The minimum Gasteiger partial charge on any atom is -0.486 e. The second-order valence-electron chi connectivity index (χ2n) is 4.56. The molecule has 1 N–H and O–H groups in total. The van der Waals surface area contributed by atoms with Crippen molar-refractivity contribution in [2.45, 2.75) is 13.5 Å². The Labute approximate surface area is 116 Å². The quantitative estimate of drug-likeness (QED) is 0.922. The van der Waals surface area contributed by atoms with Crippen LogP contribution in [0.15, 0.2) is 30.5 Å². The number of aryl methyl sites for hydroxylation is 1. The van der Waals surface area contributed by atoms with Crippen molar-refractivity contribution in [1.29, 1.82) is 0 Å². The molecule has 0 fully saturated rings. The third kappa shape index (κ3) is 2.74. The van der Waals surface area contributed by atoms with Gasteiger partial charge in [-0.15, -0.1) is 0 Å². The molecule has 0 unspecified atom stereocenters. The Morgan fingerprint density at radius 2 is 2.10 bits per heavy atom. The first kappa shape index (κ1) is 12.5. The van der Waals surface area contributed by atoms with E-state index in [0.717, 1.165) is 5.69 Å². The van der Waals surface area contributed by atoms with Crippen LogP contribution in [-0.2, 0) is 11.3 Å². The molecule has 1 aliphatic rings. The molecule has 1 aromatic heterocycles. The average Bonchev–Trinajstić information content (AvgIpc) is 2.83. The first-order chi connectivity index (χ1) is 9.70. The number of amides is 1. The number of nitrogens with zero attached hydrogens (tertiary/aromatic N) is 2. The number of carbonyl (C=O) groups excluding carboxylic acids is 1. The lowest BCUT2D eigenvalue weighted by Gasteiger charge is -2.19. The van der Waals surface area contributed by atoms with Gasteiger partial charge in [0.05, 0.1) is 5.69 Å². The minimum absolute atomic E-state index is 0.134. The zero-order valence-corrected chi connectivity index (χ0v) is 11.1. The molecule has 2 heterocycles. The topological polar surface area (TPSA) is 65.4 Å². The molecule has 0 spiro atoms. The van der Waals surface area contributed by atoms with Crippen molar-refractivity contribution >= 4 is 11.6 Å². The summed E-state index contributed by atoms with van der Waals surface area (Å²) >= 11 is 0. The Kier molecular flexibility index (Phi) is 3.28. The summed E-state index contributed by atoms with van der Waals surface area (Å²) in [5.74, 6) is 1.23. The number of nitrogens with one attached hydrogen (secondary N) is 1. The highest BCUT2D eigenvalue weighted by Crippen LogP contribution is 2.32. The highest BCUT2D eigenvalue weighted by molar-refractivity contribution is 5.90. The molecule has 1 aromatic carbocycles. The van der Waals surface area contributed by atoms with Gasteiger partial charge in [-0.25, -0.2) is 0 Å². The molecule has 0 bridgehead atoms. The van der Waals surface area contributed by atoms with Gasteiger partial charge in [0.25, 0.3) is 0 Å². The molecule has 6 heteroatoms. The lowest BCUT2D eigenvalue weighted by Crippen LogP contribution is -2.20. The van der Waals surface area contributed by atoms with Gasteiger partial charge < -0.3 is 14.8 Å². The monoisotopic (exact) mass is 273 g/mol. The summed E-state index contributed by atoms with van der Waals surface area (Å²) in [4.78, 5) is 11.9. The van der Waals surface area contributed by atoms with E-state index in [1.54, 1.807) is 29.1 Å². The van der Waals surface area contributed by atoms with Crippen molar-refractivity contribution < 1.29 is 14.3 Å². The van der Waals surface area contributed by atoms with E-state index in [4.69, 9.17) is 9.47 Å². The van der Waals surface area contributed by atoms with Gasteiger partial charge in [0.1, 0.15) is 19.8 Å². The Morgan fingerprint density at radius 1 is 1.30 bits per heavy atom. The molecule has 20 heavy (non-hydrogen) atoms. The number of carbonyl (C=O) groups is 1. The lowest BCUT2D eigenvalue weighted by molar-refractivity contribution is -0.116. The summed E-state index contributed by atoms with van der Waals surface area (Å²) in [5, 5.41) is 6.99. The maximum Gasteiger partial charge on any atom is 0.246 e. The van der Waals surface area contributed by atoms with Crippen molar-refractivity contribution in [3.05, 3.63) is 36.2 Å². The number of hydrogen-bond acceptors (Lipinski definition) is 4. The number of fused-ring (bicyclic) bond motifs is 1. The van der Waals surface area contributed by atoms with Crippen molar-refractivity contribution in [2.75, 3.05) is 18.5 Å². The number of rotatable bonds is 3. The predicted octanol–water partition coefficient (Wildman–Crippen LogP) is 1.60. The fraction of sp³-hybridized carbons (Fsp3) is 0.286. The smallest absolute Gasteiger partial charge is 0.246 e. The van der Waals surface area contributed by atoms with Gasteiger partial charge in [0, 0.05) is 18.0 Å². The Hall–Kier alpha value is -2.50. The molecular weight excluding hydrogens is 258 g/mol. The van der Waals surface area contributed by atoms with Crippen LogP contribution in [0.2, 0.25) is 0 Å². The van der Waals surface area contributed by atoms with E-state index >= 15 is 0 Å². The van der Waals surface area contributed by atoms with Gasteiger partial charge >= 0.3 is 0 Å². The Bertz CT molecular complexity index is 636. The van der Waals surface area contributed by atoms with Crippen LogP contribution < -0.4 is 14.8 Å². The summed E-state index contributed by atoms with van der Waals surface area (Å²) in [6.45, 7) is 3.14. The van der Waals surface area contributed by atoms with Gasteiger partial charge in [0.2, 0.25) is 5.91 Å². The lowest BCUT2D eigenvalue weighted by atomic mass is 10.2. The van der Waals surface area contributed by atoms with Crippen LogP contribution in [0, 0.1) is 6.92 Å². The second kappa shape index (κ2) is 5.24. The number of anilines is 1. The van der Waals surface area contributed by atoms with Gasteiger partial charge in [0.15, 0.2) is 11.5 Å². The van der Waals surface area contributed by atoms with E-state index in [9.17, 15) is 4.79 Å². The summed E-state index contributed by atoms with van der Waals surface area (Å²) in [5.41, 5.74) is 1.57. The summed E-state index contributed by atoms with van der Waals surface area (Å²) in [7, 11) is 0. The van der Waals surface area contributed by atoms with E-state index in [1.807, 2.05) is 13.0 Å². The Balaban J connectivity index is 1.66. The van der Waals surface area contributed by atoms with Crippen LogP contribution in [0.25, 0.3) is 0 Å². The molecule has 1 amide bonds. The average molecular weight is 273 g/mol. The molecule has 0 saturated carbocycles. The SMILES string of the molecule is Cc1ccn(CC(=O)Nc2ccc3c(c2)OCCO3)n1. The fourth-order valence-corrected chi connectivity index (χ4v) is 2.02. The van der Waals surface area contributed by atoms with E-state index < -0.39 is 0 Å². The molecule has 3 rings (SSSR count). The molecule has 0 aliphatic carbocycles. The number of hydrogen-bond donors (Lipinski definition) is 1. The second-order valence-corrected chi connectivity index (χ2v) is 4.56. The standard InChI is InChI=1S/C14H15N3O3/c1-10-4-5-17(16-10)9-14(18)15-11-2-3-12-13(8-11)20-7-6-19-12/h2-5,8H,6-7,9H2,1H3,(H,15,18). The minimum atomic E-state index is -0.134. The van der Waals surface area contributed by atoms with Crippen LogP contribution in [0.3, 0.4) is 0 Å². The molecule has 1 aliphatic heterocycles. The number of aromatic nitrogens is 2. The first-order valence-corrected chi connectivity index (χ1v) is 6.40. The molecule has 104 valence electrons. The highest BCUT2D eigenvalue weighted by Gasteiger charge is 2.13. The molecule has 6 nitrogen and oxygen atoms in total. The molecule has 0 radical (unpaired) electrons. The van der Waals surface area contributed by atoms with E-state index in [-0.39, 0.29) is 12.5 Å². The normalized spacial score (nSPS) is 13.1. The van der Waals surface area contributed by atoms with Crippen LogP contribution in [0.1, 0.15) is 5.69 Å². The van der Waals surface area contributed by atoms with Crippen LogP contribution in [-0.4, -0.2) is 28.9 Å². The zero-order valence-electron chi connectivity index (χ0n) is 11.1. The van der Waals surface area contributed by atoms with Crippen molar-refractivity contribution in [3.8, 4) is 11.5 Å². The van der Waals surface area contributed by atoms with E-state index in [1.165, 1.54) is 0 Å². The summed E-state index contributed by atoms with van der Waals surface area (Å²) < 4.78 is 12.5. The third-order valence-corrected chi connectivity index (χ3v) is 2.91. The maximum absolute atomic E-state index is 11.9. The molecule has 0 atom stereocenters. The highest BCUT2D eigenvalue weighted by atomic mass is 16.6. The van der Waals surface area contributed by atoms with Crippen molar-refractivity contribution in [1.82, 2.24) is 9.78 Å². The Morgan fingerprint density at radius 3 is 2.85 bits per heavy atom. The van der Waals surface area contributed by atoms with Gasteiger partial charge in [-0.05, 0) is 25.1 Å². The molecule has 2 aromatic rings. The maximum atomic E-state index is 11.9. The van der Waals surface area contributed by atoms with E-state index in [2.05, 4.69) is 10.4 Å². The van der Waals surface area contributed by atoms with Crippen LogP contribution >= 0.6 is 0 Å². The number of ether oxygens (including phenoxy) is 2. The van der Waals surface area contributed by atoms with Crippen molar-refractivity contribution in [3.63, 3.8) is 0 Å². The van der Waals surface area contributed by atoms with E-state index in [0.29, 0.717) is 30.4 Å². The largest absolute Gasteiger partial charge is 0.486 e. The van der Waals surface area contributed by atoms with Gasteiger partial charge in [-0.2, -0.15) is 5.10 Å². The fourth-order valence-electron chi connectivity index (χ4n) is 2.02. The molecular formula is C14H15N3O3. The number of benzene rings is 1. The molecule has 0 saturated heterocycles. The van der Waals surface area contributed by atoms with Crippen LogP contribution in [0.5, 0.6) is 11.5 Å². The van der Waals surface area contributed by atoms with Crippen molar-refractivity contribution in [2.24, 2.45) is 0 Å². The summed E-state index contributed by atoms with van der Waals surface area (Å²) in [6.07, 6.45) is 1.78.